The topological polar surface area (TPSA) is 17.1 Å². The van der Waals surface area contributed by atoms with Crippen LogP contribution in [0.3, 0.4) is 0 Å². The van der Waals surface area contributed by atoms with Crippen LogP contribution in [-0.4, -0.2) is 13.9 Å². The molecule has 0 amide bonds. The molecule has 0 heterocycles. The van der Waals surface area contributed by atoms with Crippen LogP contribution >= 0.6 is 11.6 Å². The highest BCUT2D eigenvalue weighted by Gasteiger charge is 2.19. The SMILES string of the molecule is CC(CC(=O)c1ccc(Cl)cc1)C[Si](C)(C)C. The summed E-state index contributed by atoms with van der Waals surface area (Å²) in [6.45, 7) is 9.20. The molecule has 1 unspecified atom stereocenters. The Kier molecular flexibility index (Phi) is 4.96. The van der Waals surface area contributed by atoms with E-state index in [-0.39, 0.29) is 5.78 Å². The highest BCUT2D eigenvalue weighted by Crippen LogP contribution is 2.21. The number of carbonyl (C=O) groups excluding carboxylic acids is 1. The van der Waals surface area contributed by atoms with Crippen molar-refractivity contribution in [2.75, 3.05) is 0 Å². The van der Waals surface area contributed by atoms with Gasteiger partial charge >= 0.3 is 0 Å². The highest BCUT2D eigenvalue weighted by atomic mass is 35.5. The smallest absolute Gasteiger partial charge is 0.163 e. The van der Waals surface area contributed by atoms with E-state index in [1.165, 1.54) is 6.04 Å². The molecule has 1 aromatic rings. The van der Waals surface area contributed by atoms with Gasteiger partial charge in [0.05, 0.1) is 0 Å². The normalized spacial score (nSPS) is 13.5. The van der Waals surface area contributed by atoms with E-state index in [9.17, 15) is 4.79 Å². The Hall–Kier alpha value is -0.603. The molecule has 17 heavy (non-hydrogen) atoms. The van der Waals surface area contributed by atoms with Crippen LogP contribution in [0.15, 0.2) is 24.3 Å². The zero-order valence-electron chi connectivity index (χ0n) is 11.1. The summed E-state index contributed by atoms with van der Waals surface area (Å²) in [6.07, 6.45) is 0.645. The lowest BCUT2D eigenvalue weighted by atomic mass is 10.0. The fourth-order valence-electron chi connectivity index (χ4n) is 2.19. The second-order valence-corrected chi connectivity index (χ2v) is 12.0. The average molecular weight is 269 g/mol. The van der Waals surface area contributed by atoms with Crippen molar-refractivity contribution in [3.8, 4) is 0 Å². The van der Waals surface area contributed by atoms with Gasteiger partial charge in [0.1, 0.15) is 0 Å². The molecule has 0 radical (unpaired) electrons. The number of ketones is 1. The van der Waals surface area contributed by atoms with Gasteiger partial charge in [0.15, 0.2) is 5.78 Å². The van der Waals surface area contributed by atoms with Crippen LogP contribution in [-0.2, 0) is 0 Å². The Morgan fingerprint density at radius 3 is 2.24 bits per heavy atom. The standard InChI is InChI=1S/C14H21ClOSi/c1-11(10-17(2,3)4)9-14(16)12-5-7-13(15)8-6-12/h5-8,11H,9-10H2,1-4H3. The van der Waals surface area contributed by atoms with Crippen molar-refractivity contribution in [3.63, 3.8) is 0 Å². The van der Waals surface area contributed by atoms with Gasteiger partial charge in [0.2, 0.25) is 0 Å². The minimum atomic E-state index is -1.07. The van der Waals surface area contributed by atoms with E-state index < -0.39 is 8.07 Å². The zero-order valence-corrected chi connectivity index (χ0v) is 12.8. The van der Waals surface area contributed by atoms with Crippen molar-refractivity contribution in [1.29, 1.82) is 0 Å². The monoisotopic (exact) mass is 268 g/mol. The van der Waals surface area contributed by atoms with Crippen molar-refractivity contribution >= 4 is 25.5 Å². The molecule has 3 heteroatoms. The zero-order chi connectivity index (χ0) is 13.1. The summed E-state index contributed by atoms with van der Waals surface area (Å²) in [5.41, 5.74) is 0.775. The van der Waals surface area contributed by atoms with E-state index >= 15 is 0 Å². The molecule has 0 aliphatic carbocycles. The Morgan fingerprint density at radius 1 is 1.24 bits per heavy atom. The largest absolute Gasteiger partial charge is 0.294 e. The lowest BCUT2D eigenvalue weighted by Crippen LogP contribution is -2.23. The number of rotatable bonds is 5. The molecule has 0 N–H and O–H groups in total. The number of hydrogen-bond donors (Lipinski definition) is 0. The fourth-order valence-corrected chi connectivity index (χ4v) is 4.55. The molecule has 0 aliphatic rings. The van der Waals surface area contributed by atoms with Crippen LogP contribution in [0.1, 0.15) is 23.7 Å². The van der Waals surface area contributed by atoms with Gasteiger partial charge in [-0.25, -0.2) is 0 Å². The van der Waals surface area contributed by atoms with E-state index in [0.29, 0.717) is 17.4 Å². The van der Waals surface area contributed by atoms with Gasteiger partial charge in [-0.2, -0.15) is 0 Å². The van der Waals surface area contributed by atoms with Crippen LogP contribution in [0.5, 0.6) is 0 Å². The number of halogens is 1. The van der Waals surface area contributed by atoms with Gasteiger partial charge in [-0.05, 0) is 30.2 Å². The number of hydrogen-bond acceptors (Lipinski definition) is 1. The predicted molar refractivity (Wildman–Crippen MR) is 77.7 cm³/mol. The van der Waals surface area contributed by atoms with Gasteiger partial charge in [-0.15, -0.1) is 0 Å². The number of Topliss-reactive ketones (excluding diaryl/α,β-unsaturated/α-hetero) is 1. The van der Waals surface area contributed by atoms with Gasteiger partial charge in [0, 0.05) is 25.1 Å². The minimum absolute atomic E-state index is 0.229. The summed E-state index contributed by atoms with van der Waals surface area (Å²) in [5.74, 6) is 0.706. The summed E-state index contributed by atoms with van der Waals surface area (Å²) in [7, 11) is -1.07. The molecule has 0 fully saturated rings. The highest BCUT2D eigenvalue weighted by molar-refractivity contribution is 6.76. The van der Waals surface area contributed by atoms with Crippen LogP contribution in [0, 0.1) is 5.92 Å². The molecular formula is C14H21ClOSi. The molecular weight excluding hydrogens is 248 g/mol. The Bertz CT molecular complexity index is 378. The Balaban J connectivity index is 2.57. The lowest BCUT2D eigenvalue weighted by Gasteiger charge is -2.20. The summed E-state index contributed by atoms with van der Waals surface area (Å²) >= 11 is 5.80. The molecule has 0 aliphatic heterocycles. The van der Waals surface area contributed by atoms with E-state index in [0.717, 1.165) is 5.56 Å². The maximum atomic E-state index is 12.0. The first kappa shape index (κ1) is 14.5. The molecule has 1 rings (SSSR count). The van der Waals surface area contributed by atoms with Crippen molar-refractivity contribution in [2.24, 2.45) is 5.92 Å². The van der Waals surface area contributed by atoms with Gasteiger partial charge in [0.25, 0.3) is 0 Å². The maximum absolute atomic E-state index is 12.0. The fraction of sp³-hybridized carbons (Fsp3) is 0.500. The third-order valence-corrected chi connectivity index (χ3v) is 4.83. The molecule has 94 valence electrons. The molecule has 0 saturated carbocycles. The molecule has 0 saturated heterocycles. The number of carbonyl (C=O) groups is 1. The summed E-state index contributed by atoms with van der Waals surface area (Å²) in [5, 5.41) is 0.677. The Labute approximate surface area is 110 Å². The summed E-state index contributed by atoms with van der Waals surface area (Å²) in [4.78, 5) is 12.0. The third kappa shape index (κ3) is 5.51. The van der Waals surface area contributed by atoms with Gasteiger partial charge in [-0.1, -0.05) is 44.2 Å². The van der Waals surface area contributed by atoms with E-state index in [2.05, 4.69) is 26.6 Å². The first-order chi connectivity index (χ1) is 7.78. The van der Waals surface area contributed by atoms with E-state index in [1.807, 2.05) is 12.1 Å². The van der Waals surface area contributed by atoms with E-state index in [1.54, 1.807) is 12.1 Å². The minimum Gasteiger partial charge on any atom is -0.294 e. The molecule has 0 aromatic heterocycles. The second-order valence-electron chi connectivity index (χ2n) is 6.00. The maximum Gasteiger partial charge on any atom is 0.163 e. The molecule has 1 atom stereocenters. The van der Waals surface area contributed by atoms with Crippen LogP contribution < -0.4 is 0 Å². The van der Waals surface area contributed by atoms with Crippen LogP contribution in [0.4, 0.5) is 0 Å². The Morgan fingerprint density at radius 2 is 1.76 bits per heavy atom. The van der Waals surface area contributed by atoms with E-state index in [4.69, 9.17) is 11.6 Å². The summed E-state index contributed by atoms with van der Waals surface area (Å²) < 4.78 is 0. The first-order valence-corrected chi connectivity index (χ1v) is 10.2. The molecule has 1 aromatic carbocycles. The molecule has 1 nitrogen and oxygen atoms in total. The lowest BCUT2D eigenvalue weighted by molar-refractivity contribution is 0.0967. The predicted octanol–water partition coefficient (Wildman–Crippen LogP) is 4.89. The molecule has 0 bridgehead atoms. The average Bonchev–Trinajstić information content (AvgIpc) is 2.15. The first-order valence-electron chi connectivity index (χ1n) is 6.07. The number of benzene rings is 1. The molecule has 0 spiro atoms. The summed E-state index contributed by atoms with van der Waals surface area (Å²) in [6, 6.07) is 8.38. The third-order valence-electron chi connectivity index (χ3n) is 2.66. The van der Waals surface area contributed by atoms with Crippen LogP contribution in [0.2, 0.25) is 30.7 Å². The van der Waals surface area contributed by atoms with Crippen LogP contribution in [0.25, 0.3) is 0 Å². The van der Waals surface area contributed by atoms with Gasteiger partial charge in [-0.3, -0.25) is 4.79 Å². The van der Waals surface area contributed by atoms with Gasteiger partial charge < -0.3 is 0 Å². The van der Waals surface area contributed by atoms with Crippen molar-refractivity contribution in [2.45, 2.75) is 39.0 Å². The van der Waals surface area contributed by atoms with Crippen molar-refractivity contribution in [3.05, 3.63) is 34.9 Å². The second kappa shape index (κ2) is 5.83. The van der Waals surface area contributed by atoms with Crippen molar-refractivity contribution in [1.82, 2.24) is 0 Å². The van der Waals surface area contributed by atoms with Crippen molar-refractivity contribution < 1.29 is 4.79 Å². The quantitative estimate of drug-likeness (QED) is 0.549.